The quantitative estimate of drug-likeness (QED) is 0.822. The molecule has 0 aromatic carbocycles. The molecule has 0 aliphatic carbocycles. The maximum atomic E-state index is 6.14. The average Bonchev–Trinajstić information content (AvgIpc) is 2.28. The van der Waals surface area contributed by atoms with Crippen LogP contribution >= 0.6 is 11.8 Å². The first-order chi connectivity index (χ1) is 7.94. The topological polar surface area (TPSA) is 29.3 Å². The monoisotopic (exact) mass is 258 g/mol. The smallest absolute Gasteiger partial charge is 0.0447 e. The van der Waals surface area contributed by atoms with Gasteiger partial charge in [-0.2, -0.15) is 11.8 Å². The molecule has 1 aliphatic rings. The third kappa shape index (κ3) is 3.39. The molecule has 1 heterocycles. The summed E-state index contributed by atoms with van der Waals surface area (Å²) in [7, 11) is 2.28. The fourth-order valence-corrected chi connectivity index (χ4v) is 4.51. The highest BCUT2D eigenvalue weighted by molar-refractivity contribution is 8.00. The molecule has 1 rings (SSSR count). The molecule has 1 saturated heterocycles. The molecule has 2 nitrogen and oxygen atoms in total. The van der Waals surface area contributed by atoms with E-state index in [1.54, 1.807) is 0 Å². The summed E-state index contributed by atoms with van der Waals surface area (Å²) in [5.74, 6) is 2.06. The Hall–Kier alpha value is 0.270. The normalized spacial score (nSPS) is 32.1. The van der Waals surface area contributed by atoms with Crippen molar-refractivity contribution in [2.24, 2.45) is 11.7 Å². The van der Waals surface area contributed by atoms with Gasteiger partial charge in [-0.25, -0.2) is 0 Å². The van der Waals surface area contributed by atoms with Crippen molar-refractivity contribution in [1.29, 1.82) is 0 Å². The molecule has 0 spiro atoms. The lowest BCUT2D eigenvalue weighted by Crippen LogP contribution is -2.61. The number of nitrogens with zero attached hydrogens (tertiary/aromatic N) is 1. The van der Waals surface area contributed by atoms with Gasteiger partial charge in [0.15, 0.2) is 0 Å². The number of nitrogens with two attached hydrogens (primary N) is 1. The molecule has 0 bridgehead atoms. The molecule has 3 atom stereocenters. The van der Waals surface area contributed by atoms with Crippen molar-refractivity contribution in [2.75, 3.05) is 19.3 Å². The lowest BCUT2D eigenvalue weighted by molar-refractivity contribution is 0.0641. The van der Waals surface area contributed by atoms with Gasteiger partial charge in [-0.3, -0.25) is 4.90 Å². The number of hydrogen-bond acceptors (Lipinski definition) is 3. The third-order valence-electron chi connectivity index (χ3n) is 4.41. The van der Waals surface area contributed by atoms with Crippen LogP contribution in [0.5, 0.6) is 0 Å². The van der Waals surface area contributed by atoms with E-state index in [1.165, 1.54) is 25.0 Å². The second-order valence-corrected chi connectivity index (χ2v) is 7.46. The molecule has 3 unspecified atom stereocenters. The molecule has 102 valence electrons. The highest BCUT2D eigenvalue weighted by Gasteiger charge is 2.42. The maximum Gasteiger partial charge on any atom is 0.0447 e. The molecule has 17 heavy (non-hydrogen) atoms. The van der Waals surface area contributed by atoms with E-state index in [9.17, 15) is 0 Å². The number of rotatable bonds is 5. The number of thioether (sulfide) groups is 1. The predicted molar refractivity (Wildman–Crippen MR) is 79.6 cm³/mol. The van der Waals surface area contributed by atoms with Gasteiger partial charge in [0.1, 0.15) is 0 Å². The zero-order chi connectivity index (χ0) is 13.1. The summed E-state index contributed by atoms with van der Waals surface area (Å²) < 4.78 is 0. The Labute approximate surface area is 112 Å². The molecule has 1 fully saturated rings. The minimum absolute atomic E-state index is 0.219. The van der Waals surface area contributed by atoms with E-state index in [0.29, 0.717) is 11.3 Å². The average molecular weight is 258 g/mol. The Balaban J connectivity index is 2.76. The lowest BCUT2D eigenvalue weighted by Gasteiger charge is -2.50. The van der Waals surface area contributed by atoms with Crippen molar-refractivity contribution in [3.63, 3.8) is 0 Å². The first-order valence-electron chi connectivity index (χ1n) is 6.98. The van der Waals surface area contributed by atoms with Crippen LogP contribution in [-0.4, -0.2) is 41.1 Å². The van der Waals surface area contributed by atoms with Crippen molar-refractivity contribution in [1.82, 2.24) is 4.90 Å². The van der Waals surface area contributed by atoms with Crippen LogP contribution in [-0.2, 0) is 0 Å². The minimum Gasteiger partial charge on any atom is -0.329 e. The molecule has 1 aliphatic heterocycles. The standard InChI is InChI=1S/C14H30N2S/c1-11(2)9-12(3)16(5)14(10-15)7-6-8-17-13(14)4/h11-13H,6-10,15H2,1-5H3. The minimum atomic E-state index is 0.219. The van der Waals surface area contributed by atoms with Gasteiger partial charge >= 0.3 is 0 Å². The summed E-state index contributed by atoms with van der Waals surface area (Å²) in [6.45, 7) is 10.1. The molecule has 0 aromatic heterocycles. The molecule has 0 aromatic rings. The number of likely N-dealkylation sites (N-methyl/N-ethyl adjacent to an activating group) is 1. The zero-order valence-corrected chi connectivity index (χ0v) is 13.0. The van der Waals surface area contributed by atoms with E-state index < -0.39 is 0 Å². The van der Waals surface area contributed by atoms with Crippen LogP contribution in [0.15, 0.2) is 0 Å². The van der Waals surface area contributed by atoms with E-state index in [-0.39, 0.29) is 5.54 Å². The van der Waals surface area contributed by atoms with Crippen LogP contribution in [0.4, 0.5) is 0 Å². The molecule has 0 amide bonds. The van der Waals surface area contributed by atoms with Crippen molar-refractivity contribution >= 4 is 11.8 Å². The largest absolute Gasteiger partial charge is 0.329 e. The van der Waals surface area contributed by atoms with Gasteiger partial charge in [-0.05, 0) is 44.9 Å². The van der Waals surface area contributed by atoms with Crippen LogP contribution in [0.1, 0.15) is 47.0 Å². The molecule has 0 saturated carbocycles. The lowest BCUT2D eigenvalue weighted by atomic mass is 9.85. The summed E-state index contributed by atoms with van der Waals surface area (Å²) in [5.41, 5.74) is 6.36. The Kier molecular flexibility index (Phi) is 5.81. The Morgan fingerprint density at radius 3 is 2.53 bits per heavy atom. The van der Waals surface area contributed by atoms with E-state index in [0.717, 1.165) is 12.5 Å². The maximum absolute atomic E-state index is 6.14. The first kappa shape index (κ1) is 15.3. The van der Waals surface area contributed by atoms with E-state index in [4.69, 9.17) is 5.73 Å². The van der Waals surface area contributed by atoms with Gasteiger partial charge in [0.2, 0.25) is 0 Å². The second kappa shape index (κ2) is 6.44. The summed E-state index contributed by atoms with van der Waals surface area (Å²) in [6.07, 6.45) is 3.83. The van der Waals surface area contributed by atoms with Crippen molar-refractivity contribution < 1.29 is 0 Å². The van der Waals surface area contributed by atoms with Gasteiger partial charge in [0.05, 0.1) is 0 Å². The van der Waals surface area contributed by atoms with Crippen LogP contribution in [0, 0.1) is 5.92 Å². The molecule has 0 radical (unpaired) electrons. The van der Waals surface area contributed by atoms with E-state index in [2.05, 4.69) is 51.4 Å². The highest BCUT2D eigenvalue weighted by Crippen LogP contribution is 2.38. The second-order valence-electron chi connectivity index (χ2n) is 6.01. The fraction of sp³-hybridized carbons (Fsp3) is 1.00. The van der Waals surface area contributed by atoms with Gasteiger partial charge in [-0.15, -0.1) is 0 Å². The molecule has 3 heteroatoms. The van der Waals surface area contributed by atoms with Gasteiger partial charge in [0.25, 0.3) is 0 Å². The summed E-state index contributed by atoms with van der Waals surface area (Å²) in [5, 5.41) is 0.654. The predicted octanol–water partition coefficient (Wildman–Crippen LogP) is 2.97. The van der Waals surface area contributed by atoms with Crippen molar-refractivity contribution in [3.05, 3.63) is 0 Å². The van der Waals surface area contributed by atoms with Crippen LogP contribution in [0.2, 0.25) is 0 Å². The molecular formula is C14H30N2S. The van der Waals surface area contributed by atoms with Crippen LogP contribution in [0.25, 0.3) is 0 Å². The first-order valence-corrected chi connectivity index (χ1v) is 8.03. The third-order valence-corrected chi connectivity index (χ3v) is 5.87. The summed E-state index contributed by atoms with van der Waals surface area (Å²) in [6, 6.07) is 0.625. The fourth-order valence-electron chi connectivity index (χ4n) is 3.15. The Morgan fingerprint density at radius 1 is 1.41 bits per heavy atom. The van der Waals surface area contributed by atoms with Crippen LogP contribution in [0.3, 0.4) is 0 Å². The van der Waals surface area contributed by atoms with Gasteiger partial charge < -0.3 is 5.73 Å². The summed E-state index contributed by atoms with van der Waals surface area (Å²) in [4.78, 5) is 2.57. The van der Waals surface area contributed by atoms with E-state index in [1.807, 2.05) is 0 Å². The highest BCUT2D eigenvalue weighted by atomic mass is 32.2. The molecular weight excluding hydrogens is 228 g/mol. The van der Waals surface area contributed by atoms with Gasteiger partial charge in [-0.1, -0.05) is 20.8 Å². The number of hydrogen-bond donors (Lipinski definition) is 1. The van der Waals surface area contributed by atoms with Crippen molar-refractivity contribution in [2.45, 2.75) is 63.8 Å². The molecule has 2 N–H and O–H groups in total. The van der Waals surface area contributed by atoms with Crippen LogP contribution < -0.4 is 5.73 Å². The SMILES string of the molecule is CC(C)CC(C)N(C)C1(CN)CCCSC1C. The summed E-state index contributed by atoms with van der Waals surface area (Å²) >= 11 is 2.09. The van der Waals surface area contributed by atoms with E-state index >= 15 is 0 Å². The van der Waals surface area contributed by atoms with Gasteiger partial charge in [0, 0.05) is 23.4 Å². The van der Waals surface area contributed by atoms with Crippen molar-refractivity contribution in [3.8, 4) is 0 Å². The Morgan fingerprint density at radius 2 is 2.06 bits per heavy atom. The Bertz CT molecular complexity index is 232. The zero-order valence-electron chi connectivity index (χ0n) is 12.2.